The lowest BCUT2D eigenvalue weighted by Gasteiger charge is -2.32. The fraction of sp³-hybridized carbons (Fsp3) is 0.208. The van der Waals surface area contributed by atoms with E-state index in [2.05, 4.69) is 20.6 Å². The van der Waals surface area contributed by atoms with Crippen molar-refractivity contribution in [2.24, 2.45) is 0 Å². The van der Waals surface area contributed by atoms with Crippen molar-refractivity contribution in [2.45, 2.75) is 18.9 Å². The molecule has 3 amide bonds. The second kappa shape index (κ2) is 10.5. The summed E-state index contributed by atoms with van der Waals surface area (Å²) in [6.07, 6.45) is 3.10. The predicted molar refractivity (Wildman–Crippen MR) is 119 cm³/mol. The van der Waals surface area contributed by atoms with Gasteiger partial charge in [0.25, 0.3) is 17.7 Å². The zero-order chi connectivity index (χ0) is 25.8. The molecule has 36 heavy (non-hydrogen) atoms. The van der Waals surface area contributed by atoms with E-state index in [9.17, 15) is 31.9 Å². The minimum absolute atomic E-state index is 0.151. The normalized spacial score (nSPS) is 13.8. The van der Waals surface area contributed by atoms with E-state index >= 15 is 0 Å². The summed E-state index contributed by atoms with van der Waals surface area (Å²) in [5.41, 5.74) is -1.02. The molecule has 4 rings (SSSR count). The van der Waals surface area contributed by atoms with E-state index in [0.717, 1.165) is 24.3 Å². The molecule has 186 valence electrons. The third-order valence-corrected chi connectivity index (χ3v) is 5.62. The van der Waals surface area contributed by atoms with Gasteiger partial charge in [-0.05, 0) is 43.2 Å². The lowest BCUT2D eigenvalue weighted by atomic mass is 10.0. The van der Waals surface area contributed by atoms with E-state index in [0.29, 0.717) is 18.9 Å². The van der Waals surface area contributed by atoms with Crippen LogP contribution in [-0.2, 0) is 0 Å². The summed E-state index contributed by atoms with van der Waals surface area (Å²) >= 11 is 0. The number of rotatable bonds is 5. The number of carbonyl (C=O) groups is 3. The Morgan fingerprint density at radius 1 is 0.833 bits per heavy atom. The zero-order valence-electron chi connectivity index (χ0n) is 18.6. The summed E-state index contributed by atoms with van der Waals surface area (Å²) in [6.45, 7) is 0.301. The molecular weight excluding hydrogens is 482 g/mol. The molecule has 8 nitrogen and oxygen atoms in total. The minimum atomic E-state index is -1.21. The van der Waals surface area contributed by atoms with Crippen LogP contribution in [-0.4, -0.2) is 51.7 Å². The van der Waals surface area contributed by atoms with Crippen LogP contribution >= 0.6 is 0 Å². The van der Waals surface area contributed by atoms with Crippen LogP contribution < -0.4 is 10.6 Å². The Kier molecular flexibility index (Phi) is 7.23. The van der Waals surface area contributed by atoms with Gasteiger partial charge in [-0.1, -0.05) is 6.07 Å². The summed E-state index contributed by atoms with van der Waals surface area (Å²) in [7, 11) is 0. The van der Waals surface area contributed by atoms with Crippen LogP contribution in [0.4, 0.5) is 23.4 Å². The molecular formula is C24H19F4N5O3. The van der Waals surface area contributed by atoms with Gasteiger partial charge < -0.3 is 15.5 Å². The largest absolute Gasteiger partial charge is 0.348 e. The van der Waals surface area contributed by atoms with Crippen molar-refractivity contribution in [3.05, 3.63) is 88.9 Å². The maximum absolute atomic E-state index is 13.9. The number of benzene rings is 2. The highest BCUT2D eigenvalue weighted by Gasteiger charge is 2.29. The number of anilines is 1. The molecule has 1 aliphatic heterocycles. The van der Waals surface area contributed by atoms with Crippen LogP contribution in [0.1, 0.15) is 44.0 Å². The van der Waals surface area contributed by atoms with Gasteiger partial charge >= 0.3 is 0 Å². The van der Waals surface area contributed by atoms with E-state index in [1.54, 1.807) is 0 Å². The van der Waals surface area contributed by atoms with E-state index < -0.39 is 46.6 Å². The van der Waals surface area contributed by atoms with E-state index in [1.165, 1.54) is 23.4 Å². The van der Waals surface area contributed by atoms with Crippen molar-refractivity contribution in [3.8, 4) is 0 Å². The first kappa shape index (κ1) is 24.8. The molecule has 12 heteroatoms. The molecule has 1 fully saturated rings. The molecule has 0 aliphatic carbocycles. The van der Waals surface area contributed by atoms with E-state index in [4.69, 9.17) is 0 Å². The van der Waals surface area contributed by atoms with Gasteiger partial charge in [-0.25, -0.2) is 27.5 Å². The number of hydrogen-bond acceptors (Lipinski definition) is 5. The Morgan fingerprint density at radius 3 is 2.17 bits per heavy atom. The highest BCUT2D eigenvalue weighted by atomic mass is 19.2. The average Bonchev–Trinajstić information content (AvgIpc) is 2.86. The van der Waals surface area contributed by atoms with Gasteiger partial charge in [0.2, 0.25) is 0 Å². The fourth-order valence-corrected chi connectivity index (χ4v) is 3.75. The van der Waals surface area contributed by atoms with E-state index in [-0.39, 0.29) is 36.2 Å². The van der Waals surface area contributed by atoms with Crippen molar-refractivity contribution in [3.63, 3.8) is 0 Å². The van der Waals surface area contributed by atoms with Gasteiger partial charge in [0.15, 0.2) is 23.1 Å². The smallest absolute Gasteiger partial charge is 0.273 e. The van der Waals surface area contributed by atoms with Crippen LogP contribution in [0, 0.1) is 23.3 Å². The quantitative estimate of drug-likeness (QED) is 0.522. The van der Waals surface area contributed by atoms with Crippen molar-refractivity contribution in [1.29, 1.82) is 0 Å². The van der Waals surface area contributed by atoms with Crippen LogP contribution in [0.2, 0.25) is 0 Å². The molecule has 0 spiro atoms. The number of nitrogens with zero attached hydrogens (tertiary/aromatic N) is 3. The topological polar surface area (TPSA) is 104 Å². The van der Waals surface area contributed by atoms with Crippen LogP contribution in [0.5, 0.6) is 0 Å². The number of carbonyl (C=O) groups excluding carboxylic acids is 3. The predicted octanol–water partition coefficient (Wildman–Crippen LogP) is 3.32. The Hall–Kier alpha value is -4.35. The average molecular weight is 501 g/mol. The first-order valence-corrected chi connectivity index (χ1v) is 10.9. The van der Waals surface area contributed by atoms with Crippen LogP contribution in [0.25, 0.3) is 0 Å². The first-order chi connectivity index (χ1) is 17.2. The van der Waals surface area contributed by atoms with E-state index in [1.807, 2.05) is 0 Å². The maximum atomic E-state index is 13.9. The zero-order valence-corrected chi connectivity index (χ0v) is 18.6. The minimum Gasteiger partial charge on any atom is -0.348 e. The molecule has 2 heterocycles. The molecule has 1 aliphatic rings. The molecule has 0 saturated carbocycles. The number of aromatic nitrogens is 2. The van der Waals surface area contributed by atoms with Crippen molar-refractivity contribution in [2.75, 3.05) is 18.4 Å². The number of amides is 3. The molecule has 0 unspecified atom stereocenters. The monoisotopic (exact) mass is 501 g/mol. The Labute approximate surface area is 202 Å². The molecule has 2 N–H and O–H groups in total. The van der Waals surface area contributed by atoms with Gasteiger partial charge in [0.1, 0.15) is 17.2 Å². The van der Waals surface area contributed by atoms with Crippen molar-refractivity contribution in [1.82, 2.24) is 20.2 Å². The third-order valence-electron chi connectivity index (χ3n) is 5.62. The van der Waals surface area contributed by atoms with Gasteiger partial charge in [-0.2, -0.15) is 0 Å². The second-order valence-corrected chi connectivity index (χ2v) is 7.97. The second-order valence-electron chi connectivity index (χ2n) is 7.97. The van der Waals surface area contributed by atoms with Gasteiger partial charge in [-0.15, -0.1) is 0 Å². The van der Waals surface area contributed by atoms with Crippen LogP contribution in [0.15, 0.2) is 48.8 Å². The SMILES string of the molecule is O=C(Nc1nccnc1C(=O)NC1CCN(C(=O)c2c(F)cccc2F)CC1)c1ccc(F)c(F)c1. The summed E-state index contributed by atoms with van der Waals surface area (Å²) in [5, 5.41) is 5.09. The standard InChI is InChI=1S/C24H19F4N5O3/c25-15-5-4-13(12-18(15)28)22(34)32-21-20(29-8-9-30-21)23(35)31-14-6-10-33(11-7-14)24(36)19-16(26)2-1-3-17(19)27/h1-5,8-9,12,14H,6-7,10-11H2,(H,31,35)(H,30,32,34). The molecule has 1 saturated heterocycles. The summed E-state index contributed by atoms with van der Waals surface area (Å²) in [5.74, 6) is -6.66. The Morgan fingerprint density at radius 2 is 1.50 bits per heavy atom. The lowest BCUT2D eigenvalue weighted by molar-refractivity contribution is 0.0688. The molecule has 0 radical (unpaired) electrons. The van der Waals surface area contributed by atoms with Crippen molar-refractivity contribution < 1.29 is 31.9 Å². The highest BCUT2D eigenvalue weighted by Crippen LogP contribution is 2.19. The highest BCUT2D eigenvalue weighted by molar-refractivity contribution is 6.07. The number of nitrogens with one attached hydrogen (secondary N) is 2. The van der Waals surface area contributed by atoms with Crippen molar-refractivity contribution >= 4 is 23.5 Å². The maximum Gasteiger partial charge on any atom is 0.273 e. The molecule has 0 bridgehead atoms. The number of likely N-dealkylation sites (tertiary alicyclic amines) is 1. The summed E-state index contributed by atoms with van der Waals surface area (Å²) in [6, 6.07) is 5.38. The molecule has 0 atom stereocenters. The molecule has 2 aromatic carbocycles. The molecule has 1 aromatic heterocycles. The Balaban J connectivity index is 1.38. The summed E-state index contributed by atoms with van der Waals surface area (Å²) in [4.78, 5) is 47.0. The lowest BCUT2D eigenvalue weighted by Crippen LogP contribution is -2.47. The Bertz CT molecular complexity index is 1310. The molecule has 3 aromatic rings. The number of piperidine rings is 1. The van der Waals surface area contributed by atoms with Gasteiger partial charge in [0, 0.05) is 37.1 Å². The fourth-order valence-electron chi connectivity index (χ4n) is 3.75. The van der Waals surface area contributed by atoms with Crippen LogP contribution in [0.3, 0.4) is 0 Å². The van der Waals surface area contributed by atoms with Gasteiger partial charge in [0.05, 0.1) is 0 Å². The van der Waals surface area contributed by atoms with Gasteiger partial charge in [-0.3, -0.25) is 14.4 Å². The summed E-state index contributed by atoms with van der Waals surface area (Å²) < 4.78 is 54.5. The number of halogens is 4. The first-order valence-electron chi connectivity index (χ1n) is 10.9. The third kappa shape index (κ3) is 5.32. The number of hydrogen-bond donors (Lipinski definition) is 2.